The van der Waals surface area contributed by atoms with Crippen LogP contribution in [0.4, 0.5) is 11.5 Å². The molecule has 2 aromatic carbocycles. The molecule has 3 aromatic rings. The van der Waals surface area contributed by atoms with Gasteiger partial charge in [0.2, 0.25) is 6.79 Å². The monoisotopic (exact) mass is 392 g/mol. The summed E-state index contributed by atoms with van der Waals surface area (Å²) in [6, 6.07) is 13.1. The molecule has 1 aliphatic heterocycles. The predicted octanol–water partition coefficient (Wildman–Crippen LogP) is 3.12. The van der Waals surface area contributed by atoms with Crippen LogP contribution in [0.5, 0.6) is 17.2 Å². The maximum atomic E-state index is 12.4. The van der Waals surface area contributed by atoms with Crippen molar-refractivity contribution in [3.63, 3.8) is 0 Å². The molecule has 29 heavy (non-hydrogen) atoms. The molecule has 1 aromatic heterocycles. The van der Waals surface area contributed by atoms with Crippen LogP contribution in [0.1, 0.15) is 16.1 Å². The number of fused-ring (bicyclic) bond motifs is 1. The first-order valence-electron chi connectivity index (χ1n) is 9.12. The van der Waals surface area contributed by atoms with Gasteiger partial charge in [-0.2, -0.15) is 0 Å². The van der Waals surface area contributed by atoms with Gasteiger partial charge in [0.25, 0.3) is 5.91 Å². The first-order valence-corrected chi connectivity index (χ1v) is 9.12. The van der Waals surface area contributed by atoms with Crippen LogP contribution in [0.2, 0.25) is 0 Å². The number of rotatable bonds is 7. The Bertz CT molecular complexity index is 1010. The van der Waals surface area contributed by atoms with Gasteiger partial charge in [0.15, 0.2) is 11.5 Å². The third-order valence-corrected chi connectivity index (χ3v) is 4.41. The number of anilines is 2. The summed E-state index contributed by atoms with van der Waals surface area (Å²) in [6.07, 6.45) is 3.75. The number of hydrogen-bond acceptors (Lipinski definition) is 7. The predicted molar refractivity (Wildman–Crippen MR) is 108 cm³/mol. The molecule has 2 N–H and O–H groups in total. The van der Waals surface area contributed by atoms with Gasteiger partial charge in [0.1, 0.15) is 17.3 Å². The highest BCUT2D eigenvalue weighted by molar-refractivity contribution is 6.02. The van der Waals surface area contributed by atoms with E-state index in [1.165, 1.54) is 12.4 Å². The molecule has 0 atom stereocenters. The minimum atomic E-state index is -0.350. The van der Waals surface area contributed by atoms with Crippen LogP contribution in [-0.2, 0) is 6.42 Å². The van der Waals surface area contributed by atoms with Gasteiger partial charge in [-0.25, -0.2) is 9.97 Å². The van der Waals surface area contributed by atoms with Crippen molar-refractivity contribution < 1.29 is 19.0 Å². The summed E-state index contributed by atoms with van der Waals surface area (Å²) in [4.78, 5) is 20.8. The zero-order valence-electron chi connectivity index (χ0n) is 15.8. The van der Waals surface area contributed by atoms with E-state index in [1.807, 2.05) is 24.3 Å². The molecule has 0 radical (unpaired) electrons. The van der Waals surface area contributed by atoms with E-state index in [4.69, 9.17) is 14.2 Å². The summed E-state index contributed by atoms with van der Waals surface area (Å²) < 4.78 is 15.9. The Morgan fingerprint density at radius 2 is 1.97 bits per heavy atom. The van der Waals surface area contributed by atoms with E-state index in [9.17, 15) is 4.79 Å². The van der Waals surface area contributed by atoms with Crippen molar-refractivity contribution >= 4 is 17.4 Å². The molecule has 0 unspecified atom stereocenters. The highest BCUT2D eigenvalue weighted by atomic mass is 16.7. The number of methoxy groups -OCH3 is 1. The number of carbonyl (C=O) groups is 1. The molecule has 0 spiro atoms. The van der Waals surface area contributed by atoms with Gasteiger partial charge >= 0.3 is 0 Å². The molecule has 0 saturated heterocycles. The number of para-hydroxylation sites is 1. The van der Waals surface area contributed by atoms with E-state index < -0.39 is 0 Å². The summed E-state index contributed by atoms with van der Waals surface area (Å²) in [5.74, 6) is 2.36. The zero-order valence-corrected chi connectivity index (χ0v) is 15.8. The number of nitrogens with zero attached hydrogens (tertiary/aromatic N) is 2. The van der Waals surface area contributed by atoms with Crippen LogP contribution < -0.4 is 24.8 Å². The molecule has 0 fully saturated rings. The molecular weight excluding hydrogens is 372 g/mol. The molecule has 148 valence electrons. The lowest BCUT2D eigenvalue weighted by Crippen LogP contribution is -2.15. The van der Waals surface area contributed by atoms with Gasteiger partial charge in [-0.15, -0.1) is 0 Å². The van der Waals surface area contributed by atoms with Crippen LogP contribution in [0.15, 0.2) is 54.9 Å². The third kappa shape index (κ3) is 4.37. The average Bonchev–Trinajstić information content (AvgIpc) is 3.22. The number of benzene rings is 2. The van der Waals surface area contributed by atoms with Gasteiger partial charge in [0.05, 0.1) is 19.5 Å². The van der Waals surface area contributed by atoms with Gasteiger partial charge in [0, 0.05) is 18.3 Å². The van der Waals surface area contributed by atoms with Gasteiger partial charge in [-0.3, -0.25) is 4.79 Å². The first kappa shape index (κ1) is 18.5. The Morgan fingerprint density at radius 1 is 1.10 bits per heavy atom. The summed E-state index contributed by atoms with van der Waals surface area (Å²) >= 11 is 0. The van der Waals surface area contributed by atoms with E-state index in [2.05, 4.69) is 20.6 Å². The summed E-state index contributed by atoms with van der Waals surface area (Å²) in [7, 11) is 1.66. The number of hydrogen-bond donors (Lipinski definition) is 2. The maximum absolute atomic E-state index is 12.4. The van der Waals surface area contributed by atoms with E-state index in [-0.39, 0.29) is 18.4 Å². The fourth-order valence-electron chi connectivity index (χ4n) is 2.94. The second-order valence-electron chi connectivity index (χ2n) is 6.30. The topological polar surface area (TPSA) is 94.6 Å². The molecule has 2 heterocycles. The van der Waals surface area contributed by atoms with Crippen LogP contribution in [-0.4, -0.2) is 36.3 Å². The lowest BCUT2D eigenvalue weighted by molar-refractivity contribution is 0.102. The van der Waals surface area contributed by atoms with E-state index in [0.29, 0.717) is 29.5 Å². The van der Waals surface area contributed by atoms with Crippen molar-refractivity contribution in [1.82, 2.24) is 9.97 Å². The number of amides is 1. The SMILES string of the molecule is COc1ccccc1CCNc1cnc(C(=O)Nc2ccc3c(c2)OCO3)cn1. The average molecular weight is 392 g/mol. The molecule has 0 saturated carbocycles. The van der Waals surface area contributed by atoms with Crippen LogP contribution in [0, 0.1) is 0 Å². The number of aromatic nitrogens is 2. The summed E-state index contributed by atoms with van der Waals surface area (Å²) in [6.45, 7) is 0.849. The van der Waals surface area contributed by atoms with E-state index in [0.717, 1.165) is 17.7 Å². The standard InChI is InChI=1S/C21H20N4O4/c1-27-17-5-3-2-4-14(17)8-9-22-20-12-23-16(11-24-20)21(26)25-15-6-7-18-19(10-15)29-13-28-18/h2-7,10-12H,8-9,13H2,1H3,(H,22,24)(H,25,26). The highest BCUT2D eigenvalue weighted by Crippen LogP contribution is 2.34. The molecule has 8 nitrogen and oxygen atoms in total. The highest BCUT2D eigenvalue weighted by Gasteiger charge is 2.15. The van der Waals surface area contributed by atoms with Crippen molar-refractivity contribution in [3.05, 3.63) is 66.1 Å². The molecule has 1 aliphatic rings. The first-order chi connectivity index (χ1) is 14.2. The smallest absolute Gasteiger partial charge is 0.275 e. The van der Waals surface area contributed by atoms with Gasteiger partial charge in [-0.1, -0.05) is 18.2 Å². The zero-order chi connectivity index (χ0) is 20.1. The Kier molecular flexibility index (Phi) is 5.42. The van der Waals surface area contributed by atoms with Crippen molar-refractivity contribution in [2.24, 2.45) is 0 Å². The number of ether oxygens (including phenoxy) is 3. The van der Waals surface area contributed by atoms with Crippen molar-refractivity contribution in [3.8, 4) is 17.2 Å². The molecule has 1 amide bonds. The van der Waals surface area contributed by atoms with Crippen LogP contribution >= 0.6 is 0 Å². The Labute approximate surface area is 167 Å². The Hall–Kier alpha value is -3.81. The number of carbonyl (C=O) groups excluding carboxylic acids is 1. The van der Waals surface area contributed by atoms with Crippen molar-refractivity contribution in [2.45, 2.75) is 6.42 Å². The van der Waals surface area contributed by atoms with Crippen LogP contribution in [0.3, 0.4) is 0 Å². The fourth-order valence-corrected chi connectivity index (χ4v) is 2.94. The van der Waals surface area contributed by atoms with Crippen LogP contribution in [0.25, 0.3) is 0 Å². The fraction of sp³-hybridized carbons (Fsp3) is 0.190. The molecular formula is C21H20N4O4. The molecule has 4 rings (SSSR count). The lowest BCUT2D eigenvalue weighted by Gasteiger charge is -2.09. The van der Waals surface area contributed by atoms with Crippen molar-refractivity contribution in [2.75, 3.05) is 31.1 Å². The Balaban J connectivity index is 1.32. The largest absolute Gasteiger partial charge is 0.496 e. The lowest BCUT2D eigenvalue weighted by atomic mass is 10.1. The van der Waals surface area contributed by atoms with Gasteiger partial charge in [-0.05, 0) is 30.2 Å². The minimum Gasteiger partial charge on any atom is -0.496 e. The van der Waals surface area contributed by atoms with Crippen molar-refractivity contribution in [1.29, 1.82) is 0 Å². The molecule has 0 bridgehead atoms. The minimum absolute atomic E-state index is 0.184. The third-order valence-electron chi connectivity index (χ3n) is 4.41. The van der Waals surface area contributed by atoms with E-state index >= 15 is 0 Å². The quantitative estimate of drug-likeness (QED) is 0.638. The summed E-state index contributed by atoms with van der Waals surface area (Å²) in [5.41, 5.74) is 1.92. The normalized spacial score (nSPS) is 11.8. The van der Waals surface area contributed by atoms with Gasteiger partial charge < -0.3 is 24.8 Å². The second-order valence-corrected chi connectivity index (χ2v) is 6.30. The second kappa shape index (κ2) is 8.47. The maximum Gasteiger partial charge on any atom is 0.275 e. The summed E-state index contributed by atoms with van der Waals surface area (Å²) in [5, 5.41) is 5.97. The molecule has 8 heteroatoms. The molecule has 0 aliphatic carbocycles. The van der Waals surface area contributed by atoms with E-state index in [1.54, 1.807) is 25.3 Å². The Morgan fingerprint density at radius 3 is 2.79 bits per heavy atom. The number of nitrogens with one attached hydrogen (secondary N) is 2.